The third-order valence-electron chi connectivity index (χ3n) is 1.65. The fraction of sp³-hybridized carbons (Fsp3) is 1.00. The van der Waals surface area contributed by atoms with E-state index in [1.54, 1.807) is 0 Å². The van der Waals surface area contributed by atoms with E-state index in [4.69, 9.17) is 0 Å². The van der Waals surface area contributed by atoms with E-state index in [1.165, 1.54) is 32.5 Å². The Hall–Kier alpha value is 0.310. The van der Waals surface area contributed by atoms with Crippen molar-refractivity contribution in [2.24, 2.45) is 0 Å². The lowest BCUT2D eigenvalue weighted by atomic mass is 10.4. The number of likely N-dealkylation sites (tertiary alicyclic amines) is 1. The van der Waals surface area contributed by atoms with E-state index < -0.39 is 0 Å². The smallest absolute Gasteiger partial charge is 0.00184 e. The molecule has 1 aliphatic heterocycles. The van der Waals surface area contributed by atoms with Gasteiger partial charge >= 0.3 is 0 Å². The largest absolute Gasteiger partial charge is 0.304 e. The molecule has 1 saturated heterocycles. The number of nitrogens with zero attached hydrogens (tertiary/aromatic N) is 1. The van der Waals surface area contributed by atoms with Crippen molar-refractivity contribution in [1.29, 1.82) is 0 Å². The van der Waals surface area contributed by atoms with E-state index in [0.29, 0.717) is 0 Å². The van der Waals surface area contributed by atoms with Gasteiger partial charge in [0.15, 0.2) is 0 Å². The van der Waals surface area contributed by atoms with E-state index in [2.05, 4.69) is 11.8 Å². The number of hydrogen-bond acceptors (Lipinski definition) is 1. The van der Waals surface area contributed by atoms with Gasteiger partial charge in [-0.2, -0.15) is 13.5 Å². The molecule has 0 amide bonds. The lowest BCUT2D eigenvalue weighted by molar-refractivity contribution is 0.359. The molecule has 0 aromatic heterocycles. The Kier molecular flexibility index (Phi) is 4.38. The molecule has 1 nitrogen and oxygen atoms in total. The van der Waals surface area contributed by atoms with Gasteiger partial charge in [0.05, 0.1) is 0 Å². The summed E-state index contributed by atoms with van der Waals surface area (Å²) in [5.41, 5.74) is 0. The minimum atomic E-state index is 0. The molecular formula is C6H15NS. The van der Waals surface area contributed by atoms with Gasteiger partial charge in [0.25, 0.3) is 0 Å². The van der Waals surface area contributed by atoms with Crippen LogP contribution in [0.15, 0.2) is 0 Å². The third kappa shape index (κ3) is 2.05. The molecule has 0 saturated carbocycles. The van der Waals surface area contributed by atoms with Crippen molar-refractivity contribution in [1.82, 2.24) is 4.90 Å². The number of rotatable bonds is 1. The average molecular weight is 133 g/mol. The molecule has 0 aliphatic carbocycles. The van der Waals surface area contributed by atoms with E-state index in [1.807, 2.05) is 0 Å². The van der Waals surface area contributed by atoms with E-state index >= 15 is 0 Å². The monoisotopic (exact) mass is 133 g/mol. The first kappa shape index (κ1) is 8.31. The summed E-state index contributed by atoms with van der Waals surface area (Å²) in [5.74, 6) is 0. The van der Waals surface area contributed by atoms with Gasteiger partial charge in [-0.15, -0.1) is 0 Å². The first-order valence-corrected chi connectivity index (χ1v) is 3.16. The highest BCUT2D eigenvalue weighted by Gasteiger charge is 2.06. The predicted molar refractivity (Wildman–Crippen MR) is 41.7 cm³/mol. The van der Waals surface area contributed by atoms with Crippen LogP contribution in [0.3, 0.4) is 0 Å². The van der Waals surface area contributed by atoms with Crippen molar-refractivity contribution in [2.45, 2.75) is 19.8 Å². The molecule has 0 aromatic rings. The minimum Gasteiger partial charge on any atom is -0.304 e. The van der Waals surface area contributed by atoms with Crippen molar-refractivity contribution in [3.63, 3.8) is 0 Å². The van der Waals surface area contributed by atoms with Crippen LogP contribution in [0.2, 0.25) is 0 Å². The summed E-state index contributed by atoms with van der Waals surface area (Å²) in [6, 6.07) is 0. The van der Waals surface area contributed by atoms with Crippen LogP contribution in [0, 0.1) is 0 Å². The molecule has 1 fully saturated rings. The van der Waals surface area contributed by atoms with Gasteiger partial charge in [-0.25, -0.2) is 0 Å². The zero-order valence-electron chi connectivity index (χ0n) is 5.48. The van der Waals surface area contributed by atoms with Gasteiger partial charge in [-0.3, -0.25) is 0 Å². The van der Waals surface area contributed by atoms with E-state index in [9.17, 15) is 0 Å². The van der Waals surface area contributed by atoms with Crippen molar-refractivity contribution in [3.8, 4) is 0 Å². The molecule has 0 bridgehead atoms. The van der Waals surface area contributed by atoms with Crippen molar-refractivity contribution in [3.05, 3.63) is 0 Å². The van der Waals surface area contributed by atoms with Crippen LogP contribution in [-0.2, 0) is 0 Å². The molecule has 0 radical (unpaired) electrons. The molecule has 8 heavy (non-hydrogen) atoms. The topological polar surface area (TPSA) is 3.24 Å². The molecular weight excluding hydrogens is 118 g/mol. The molecule has 1 rings (SSSR count). The second-order valence-electron chi connectivity index (χ2n) is 2.14. The molecule has 1 aliphatic rings. The van der Waals surface area contributed by atoms with E-state index in [0.717, 1.165) is 0 Å². The second-order valence-corrected chi connectivity index (χ2v) is 2.14. The van der Waals surface area contributed by atoms with Gasteiger partial charge in [0, 0.05) is 0 Å². The molecule has 0 atom stereocenters. The summed E-state index contributed by atoms with van der Waals surface area (Å²) in [6.45, 7) is 6.16. The fourth-order valence-corrected chi connectivity index (χ4v) is 1.10. The summed E-state index contributed by atoms with van der Waals surface area (Å²) in [4.78, 5) is 2.49. The van der Waals surface area contributed by atoms with Crippen molar-refractivity contribution < 1.29 is 0 Å². The highest BCUT2D eigenvalue weighted by Crippen LogP contribution is 2.04. The molecule has 0 spiro atoms. The minimum absolute atomic E-state index is 0. The quantitative estimate of drug-likeness (QED) is 0.520. The predicted octanol–water partition coefficient (Wildman–Crippen LogP) is 1.21. The Labute approximate surface area is 58.5 Å². The number of hydrogen-bond donors (Lipinski definition) is 0. The van der Waals surface area contributed by atoms with Crippen LogP contribution in [0.25, 0.3) is 0 Å². The Morgan fingerprint density at radius 3 is 2.00 bits per heavy atom. The summed E-state index contributed by atoms with van der Waals surface area (Å²) < 4.78 is 0. The summed E-state index contributed by atoms with van der Waals surface area (Å²) in [6.07, 6.45) is 2.85. The zero-order valence-corrected chi connectivity index (χ0v) is 6.48. The molecule has 0 N–H and O–H groups in total. The highest BCUT2D eigenvalue weighted by molar-refractivity contribution is 7.59. The van der Waals surface area contributed by atoms with Crippen molar-refractivity contribution >= 4 is 13.5 Å². The van der Waals surface area contributed by atoms with Gasteiger partial charge in [-0.05, 0) is 32.5 Å². The first-order valence-electron chi connectivity index (χ1n) is 3.16. The van der Waals surface area contributed by atoms with Crippen molar-refractivity contribution in [2.75, 3.05) is 19.6 Å². The Bertz CT molecular complexity index is 50.5. The van der Waals surface area contributed by atoms with Gasteiger partial charge in [-0.1, -0.05) is 6.92 Å². The summed E-state index contributed by atoms with van der Waals surface area (Å²) in [5, 5.41) is 0. The third-order valence-corrected chi connectivity index (χ3v) is 1.65. The summed E-state index contributed by atoms with van der Waals surface area (Å²) in [7, 11) is 0. The highest BCUT2D eigenvalue weighted by atomic mass is 32.1. The standard InChI is InChI=1S/C6H13N.H2S/c1-2-7-5-3-4-6-7;/h2-6H2,1H3;1H2. The molecule has 1 heterocycles. The summed E-state index contributed by atoms with van der Waals surface area (Å²) >= 11 is 0. The first-order chi connectivity index (χ1) is 3.43. The fourth-order valence-electron chi connectivity index (χ4n) is 1.10. The Morgan fingerprint density at radius 2 is 1.75 bits per heavy atom. The molecule has 0 aromatic carbocycles. The average Bonchev–Trinajstić information content (AvgIpc) is 2.14. The van der Waals surface area contributed by atoms with Crippen LogP contribution >= 0.6 is 13.5 Å². The molecule has 50 valence electrons. The maximum atomic E-state index is 2.49. The molecule has 0 unspecified atom stereocenters. The maximum Gasteiger partial charge on any atom is -0.00184 e. The van der Waals surface area contributed by atoms with Crippen LogP contribution in [0.4, 0.5) is 0 Å². The van der Waals surface area contributed by atoms with Crippen LogP contribution in [0.1, 0.15) is 19.8 Å². The van der Waals surface area contributed by atoms with Gasteiger partial charge in [0.1, 0.15) is 0 Å². The normalized spacial score (nSPS) is 20.6. The zero-order chi connectivity index (χ0) is 5.11. The van der Waals surface area contributed by atoms with Gasteiger partial charge in [0.2, 0.25) is 0 Å². The Morgan fingerprint density at radius 1 is 1.25 bits per heavy atom. The Balaban J connectivity index is 0.000000490. The van der Waals surface area contributed by atoms with E-state index in [-0.39, 0.29) is 13.5 Å². The van der Waals surface area contributed by atoms with Crippen LogP contribution < -0.4 is 0 Å². The molecule has 2 heteroatoms. The maximum absolute atomic E-state index is 2.49. The lowest BCUT2D eigenvalue weighted by Crippen LogP contribution is -2.17. The lowest BCUT2D eigenvalue weighted by Gasteiger charge is -2.08. The van der Waals surface area contributed by atoms with Gasteiger partial charge < -0.3 is 4.90 Å². The van der Waals surface area contributed by atoms with Crippen LogP contribution in [0.5, 0.6) is 0 Å². The second kappa shape index (κ2) is 4.21. The SMILES string of the molecule is CCN1CCCC1.S. The van der Waals surface area contributed by atoms with Crippen LogP contribution in [-0.4, -0.2) is 24.5 Å².